The largest absolute Gasteiger partial charge is 0.459 e. The van der Waals surface area contributed by atoms with Gasteiger partial charge in [-0.05, 0) is 55.4 Å². The number of carbonyl (C=O) groups is 2. The Morgan fingerprint density at radius 3 is 2.40 bits per heavy atom. The summed E-state index contributed by atoms with van der Waals surface area (Å²) in [5.74, 6) is 0.151. The van der Waals surface area contributed by atoms with Gasteiger partial charge in [0.1, 0.15) is 18.2 Å². The van der Waals surface area contributed by atoms with Crippen LogP contribution >= 0.6 is 0 Å². The van der Waals surface area contributed by atoms with Crippen molar-refractivity contribution in [3.8, 4) is 0 Å². The highest BCUT2D eigenvalue weighted by Gasteiger charge is 2.62. The predicted octanol–water partition coefficient (Wildman–Crippen LogP) is 3.14. The number of aliphatic hydroxyl groups is 3. The van der Waals surface area contributed by atoms with Crippen LogP contribution in [0.2, 0.25) is 5.82 Å². The van der Waals surface area contributed by atoms with E-state index in [0.717, 1.165) is 10.9 Å². The fraction of sp³-hybridized carbons (Fsp3) is 0.371. The van der Waals surface area contributed by atoms with E-state index in [4.69, 9.17) is 22.7 Å². The molecule has 16 nitrogen and oxygen atoms in total. The number of fused-ring (bicyclic) bond motifs is 2. The molecule has 1 aromatic carbocycles. The van der Waals surface area contributed by atoms with E-state index in [1.165, 1.54) is 17.9 Å². The number of nitrogens with one attached hydrogen (secondary N) is 1. The van der Waals surface area contributed by atoms with Gasteiger partial charge in [0.25, 0.3) is 0 Å². The summed E-state index contributed by atoms with van der Waals surface area (Å²) in [6.07, 6.45) is -0.541. The number of methoxy groups -OCH3 is 1. The maximum absolute atomic E-state index is 13.6. The van der Waals surface area contributed by atoms with Crippen molar-refractivity contribution in [2.45, 2.75) is 69.6 Å². The minimum Gasteiger partial charge on any atom is -0.459 e. The molecule has 2 saturated carbocycles. The first-order chi connectivity index (χ1) is 24.6. The molecule has 7 rings (SSSR count). The lowest BCUT2D eigenvalue weighted by Crippen LogP contribution is -2.41. The lowest BCUT2D eigenvalue weighted by molar-refractivity contribution is -0.374. The maximum Gasteiger partial charge on any atom is 0.404 e. The summed E-state index contributed by atoms with van der Waals surface area (Å²) in [6.45, 7) is 8.04. The number of nitrogens with zero attached hydrogens (tertiary/aromatic N) is 6. The van der Waals surface area contributed by atoms with Crippen LogP contribution in [0, 0.1) is 5.92 Å². The van der Waals surface area contributed by atoms with Crippen LogP contribution in [-0.2, 0) is 32.5 Å². The van der Waals surface area contributed by atoms with Crippen molar-refractivity contribution >= 4 is 59.2 Å². The first-order valence-corrected chi connectivity index (χ1v) is 16.6. The molecule has 2 aliphatic carbocycles. The van der Waals surface area contributed by atoms with Crippen LogP contribution in [-0.4, -0.2) is 71.2 Å². The molecule has 2 radical (unpaired) electrons. The minimum atomic E-state index is -3.43. The third-order valence-electron chi connectivity index (χ3n) is 9.48. The molecule has 6 N–H and O–H groups in total. The topological polar surface area (TPSA) is 222 Å². The van der Waals surface area contributed by atoms with E-state index < -0.39 is 23.4 Å². The van der Waals surface area contributed by atoms with E-state index in [-0.39, 0.29) is 35.9 Å². The smallest absolute Gasteiger partial charge is 0.404 e. The number of amides is 1. The molecule has 52 heavy (non-hydrogen) atoms. The van der Waals surface area contributed by atoms with Gasteiger partial charge in [0, 0.05) is 17.5 Å². The monoisotopic (exact) mass is 710 g/mol. The van der Waals surface area contributed by atoms with E-state index in [1.807, 2.05) is 50.2 Å². The highest BCUT2D eigenvalue weighted by molar-refractivity contribution is 6.11. The van der Waals surface area contributed by atoms with Crippen molar-refractivity contribution in [1.82, 2.24) is 28.9 Å². The van der Waals surface area contributed by atoms with Crippen molar-refractivity contribution in [1.29, 1.82) is 0 Å². The lowest BCUT2D eigenvalue weighted by Gasteiger charge is -2.17. The fourth-order valence-corrected chi connectivity index (χ4v) is 6.77. The number of hydrogen-bond acceptors (Lipinski definition) is 12. The lowest BCUT2D eigenvalue weighted by atomic mass is 9.86. The summed E-state index contributed by atoms with van der Waals surface area (Å²) in [5, 5.41) is 38.7. The average molecular weight is 711 g/mol. The summed E-state index contributed by atoms with van der Waals surface area (Å²) in [6, 6.07) is 14.3. The van der Waals surface area contributed by atoms with Crippen LogP contribution in [0.3, 0.4) is 0 Å². The molecular weight excluding hydrogens is 671 g/mol. The number of pyridine rings is 2. The molecule has 4 heterocycles. The zero-order chi connectivity index (χ0) is 37.5. The first kappa shape index (κ1) is 36.3. The second kappa shape index (κ2) is 13.9. The quantitative estimate of drug-likeness (QED) is 0.0846. The summed E-state index contributed by atoms with van der Waals surface area (Å²) < 4.78 is 13.2. The highest BCUT2D eigenvalue weighted by Crippen LogP contribution is 2.52. The van der Waals surface area contributed by atoms with Crippen molar-refractivity contribution in [2.75, 3.05) is 12.4 Å². The molecule has 2 fully saturated rings. The third kappa shape index (κ3) is 6.77. The number of aromatic nitrogens is 6. The van der Waals surface area contributed by atoms with Crippen LogP contribution in [0.5, 0.6) is 0 Å². The van der Waals surface area contributed by atoms with Crippen LogP contribution in [0.4, 0.5) is 16.4 Å². The molecule has 270 valence electrons. The van der Waals surface area contributed by atoms with Gasteiger partial charge in [-0.3, -0.25) is 4.57 Å². The zero-order valence-corrected chi connectivity index (χ0v) is 28.9. The van der Waals surface area contributed by atoms with Gasteiger partial charge in [0.2, 0.25) is 0 Å². The third-order valence-corrected chi connectivity index (χ3v) is 9.48. The number of benzene rings is 1. The Morgan fingerprint density at radius 1 is 1.13 bits per heavy atom. The number of primary amides is 1. The van der Waals surface area contributed by atoms with Gasteiger partial charge < -0.3 is 35.8 Å². The summed E-state index contributed by atoms with van der Waals surface area (Å²) in [4.78, 5) is 45.6. The van der Waals surface area contributed by atoms with Crippen LogP contribution in [0.15, 0.2) is 66.1 Å². The second-order valence-electron chi connectivity index (χ2n) is 13.2. The van der Waals surface area contributed by atoms with E-state index in [1.54, 1.807) is 16.8 Å². The van der Waals surface area contributed by atoms with E-state index in [0.29, 0.717) is 64.3 Å². The Kier molecular flexibility index (Phi) is 9.70. The molecule has 17 heteroatoms. The van der Waals surface area contributed by atoms with Crippen LogP contribution in [0.1, 0.15) is 56.8 Å². The number of anilines is 2. The fourth-order valence-electron chi connectivity index (χ4n) is 6.77. The maximum atomic E-state index is 13.6. The first-order valence-electron chi connectivity index (χ1n) is 16.6. The van der Waals surface area contributed by atoms with Gasteiger partial charge in [0.05, 0.1) is 37.9 Å². The molecule has 5 aromatic rings. The van der Waals surface area contributed by atoms with E-state index in [9.17, 15) is 29.7 Å². The summed E-state index contributed by atoms with van der Waals surface area (Å²) in [5.41, 5.74) is 5.63. The molecule has 4 unspecified atom stereocenters. The molecule has 0 aliphatic heterocycles. The molecule has 4 atom stereocenters. The number of hydrogen-bond donors (Lipinski definition) is 5. The Morgan fingerprint density at radius 2 is 1.83 bits per heavy atom. The number of allylic oxidation sites excluding steroid dienone is 1. The van der Waals surface area contributed by atoms with Gasteiger partial charge in [0.15, 0.2) is 11.2 Å². The van der Waals surface area contributed by atoms with E-state index >= 15 is 0 Å². The van der Waals surface area contributed by atoms with Gasteiger partial charge in [-0.2, -0.15) is 5.10 Å². The van der Waals surface area contributed by atoms with Crippen molar-refractivity contribution in [3.05, 3.63) is 83.0 Å². The SMILES string of the molecule is COC(N)=O.[B]C1CCC(n2c(=O)n(C(O)(O)O)c3cnc(Nc4ccc5c(C(=C)C)nn(C6(C(=O)OCc7ccccc7)CC6C)c5n4)cc32)C1. The molecule has 2 aliphatic rings. The number of ether oxygens (including phenoxy) is 2. The highest BCUT2D eigenvalue weighted by atomic mass is 16.7. The number of nitrogens with two attached hydrogens (primary N) is 1. The van der Waals surface area contributed by atoms with Gasteiger partial charge in [-0.15, -0.1) is 0 Å². The molecule has 0 bridgehead atoms. The Balaban J connectivity index is 0.000000870. The molecule has 0 spiro atoms. The van der Waals surface area contributed by atoms with Crippen molar-refractivity contribution in [3.63, 3.8) is 0 Å². The van der Waals surface area contributed by atoms with Gasteiger partial charge in [-0.25, -0.2) is 33.6 Å². The van der Waals surface area contributed by atoms with Gasteiger partial charge >= 0.3 is 23.8 Å². The van der Waals surface area contributed by atoms with Crippen LogP contribution < -0.4 is 16.7 Å². The van der Waals surface area contributed by atoms with Gasteiger partial charge in [-0.1, -0.05) is 56.1 Å². The minimum absolute atomic E-state index is 0.0276. The number of rotatable bonds is 9. The molecule has 4 aromatic heterocycles. The van der Waals surface area contributed by atoms with E-state index in [2.05, 4.69) is 27.4 Å². The number of carbonyl (C=O) groups excluding carboxylic acids is 2. The number of imidazole rings is 1. The average Bonchev–Trinajstić information content (AvgIpc) is 3.36. The normalized spacial score (nSPS) is 21.0. The summed E-state index contributed by atoms with van der Waals surface area (Å²) >= 11 is 0. The van der Waals surface area contributed by atoms with Crippen molar-refractivity contribution in [2.24, 2.45) is 11.7 Å². The second-order valence-corrected chi connectivity index (χ2v) is 13.2. The predicted molar refractivity (Wildman–Crippen MR) is 191 cm³/mol. The number of esters is 1. The zero-order valence-electron chi connectivity index (χ0n) is 28.9. The Labute approximate surface area is 298 Å². The molecular formula is C35H39BN8O8. The molecule has 1 amide bonds. The summed E-state index contributed by atoms with van der Waals surface area (Å²) in [7, 11) is 7.34. The van der Waals surface area contributed by atoms with Crippen molar-refractivity contribution < 1.29 is 34.4 Å². The Bertz CT molecular complexity index is 2230. The Hall–Kier alpha value is -5.52. The molecule has 0 saturated heterocycles. The van der Waals surface area contributed by atoms with Crippen LogP contribution in [0.25, 0.3) is 27.6 Å². The standard InChI is InChI=1S/C33H34BN7O6.C2H5NO2/c1-18(2)28-23-11-12-26(37-29(23)41(38-28)32(15-19(32)3)30(42)47-17-20-7-5-4-6-8-20)36-27-14-24-25(16-35-27)40(33(44,45)46)31(43)39(24)22-10-9-21(34)13-22;1-5-2(3)4/h4-8,11-12,14,16,19,21-22,44-46H,1,9-10,13,15,17H2,2-3H3,(H,35,36,37);1H3,(H2,3,4).